The van der Waals surface area contributed by atoms with Crippen LogP contribution in [-0.4, -0.2) is 44.5 Å². The minimum absolute atomic E-state index is 0.0246. The number of Topliss-reactive ketones (excluding diaryl/α,β-unsaturated/α-hetero) is 1. The largest absolute Gasteiger partial charge is 0.454 e. The van der Waals surface area contributed by atoms with Crippen LogP contribution in [0.15, 0.2) is 28.8 Å². The van der Waals surface area contributed by atoms with Crippen LogP contribution in [0, 0.1) is 5.92 Å². The van der Waals surface area contributed by atoms with Crippen molar-refractivity contribution in [3.63, 3.8) is 0 Å². The lowest BCUT2D eigenvalue weighted by Gasteiger charge is -2.36. The number of carbonyl (C=O) groups is 2. The van der Waals surface area contributed by atoms with Gasteiger partial charge in [-0.05, 0) is 49.4 Å². The standard InChI is InChI=1S/C22H28BrNO6/c1-21(2,3)30-20(26)24-8-7-22(11-16(23)14(12-27-4)9-19(22)25)15-5-6-17-18(10-15)29-13-28-17/h5-6,10-11,14H,7-9,12-13H2,1-4H3,(H,24,26)/t14-,22+/m0/s1. The van der Waals surface area contributed by atoms with E-state index >= 15 is 0 Å². The number of carbonyl (C=O) groups excluding carboxylic acids is 2. The maximum atomic E-state index is 13.4. The van der Waals surface area contributed by atoms with Crippen LogP contribution >= 0.6 is 15.9 Å². The van der Waals surface area contributed by atoms with E-state index in [9.17, 15) is 9.59 Å². The Bertz CT molecular complexity index is 847. The second-order valence-corrected chi connectivity index (χ2v) is 9.44. The zero-order chi connectivity index (χ0) is 21.9. The number of ether oxygens (including phenoxy) is 4. The molecular formula is C22H28BrNO6. The number of ketones is 1. The highest BCUT2D eigenvalue weighted by molar-refractivity contribution is 9.11. The van der Waals surface area contributed by atoms with Crippen LogP contribution in [0.5, 0.6) is 11.5 Å². The molecule has 0 unspecified atom stereocenters. The predicted molar refractivity (Wildman–Crippen MR) is 115 cm³/mol. The molecule has 3 rings (SSSR count). The Balaban J connectivity index is 1.88. The predicted octanol–water partition coefficient (Wildman–Crippen LogP) is 4.08. The zero-order valence-corrected chi connectivity index (χ0v) is 19.3. The van der Waals surface area contributed by atoms with Crippen LogP contribution in [0.1, 0.15) is 39.2 Å². The van der Waals surface area contributed by atoms with Gasteiger partial charge in [0.2, 0.25) is 6.79 Å². The summed E-state index contributed by atoms with van der Waals surface area (Å²) in [5, 5.41) is 2.77. The number of hydrogen-bond acceptors (Lipinski definition) is 6. The second kappa shape index (κ2) is 8.98. The van der Waals surface area contributed by atoms with E-state index in [1.165, 1.54) is 0 Å². The first-order chi connectivity index (χ1) is 14.1. The third kappa shape index (κ3) is 4.98. The summed E-state index contributed by atoms with van der Waals surface area (Å²) in [6, 6.07) is 5.55. The van der Waals surface area contributed by atoms with Gasteiger partial charge in [0.05, 0.1) is 12.0 Å². The van der Waals surface area contributed by atoms with E-state index in [2.05, 4.69) is 21.2 Å². The number of alkyl carbamates (subject to hydrolysis) is 1. The molecule has 0 spiro atoms. The van der Waals surface area contributed by atoms with Crippen molar-refractivity contribution in [3.05, 3.63) is 34.3 Å². The molecule has 1 N–H and O–H groups in total. The summed E-state index contributed by atoms with van der Waals surface area (Å²) < 4.78 is 22.4. The maximum Gasteiger partial charge on any atom is 0.407 e. The smallest absolute Gasteiger partial charge is 0.407 e. The number of halogens is 1. The summed E-state index contributed by atoms with van der Waals surface area (Å²) in [7, 11) is 1.62. The molecule has 164 valence electrons. The van der Waals surface area contributed by atoms with Crippen LogP contribution in [-0.2, 0) is 19.7 Å². The molecule has 30 heavy (non-hydrogen) atoms. The summed E-state index contributed by atoms with van der Waals surface area (Å²) in [4.78, 5) is 25.5. The van der Waals surface area contributed by atoms with E-state index in [1.807, 2.05) is 24.3 Å². The lowest BCUT2D eigenvalue weighted by molar-refractivity contribution is -0.124. The fourth-order valence-electron chi connectivity index (χ4n) is 3.73. The summed E-state index contributed by atoms with van der Waals surface area (Å²) in [5.41, 5.74) is -0.690. The number of fused-ring (bicyclic) bond motifs is 1. The molecule has 7 nitrogen and oxygen atoms in total. The molecular weight excluding hydrogens is 454 g/mol. The molecule has 1 heterocycles. The Morgan fingerprint density at radius 1 is 1.30 bits per heavy atom. The first-order valence-electron chi connectivity index (χ1n) is 9.92. The molecule has 0 fully saturated rings. The topological polar surface area (TPSA) is 83.1 Å². The van der Waals surface area contributed by atoms with Gasteiger partial charge in [-0.3, -0.25) is 4.79 Å². The van der Waals surface area contributed by atoms with Gasteiger partial charge in [0.25, 0.3) is 0 Å². The van der Waals surface area contributed by atoms with Crippen molar-refractivity contribution in [2.24, 2.45) is 5.92 Å². The first kappa shape index (κ1) is 22.6. The lowest BCUT2D eigenvalue weighted by atomic mass is 9.68. The number of methoxy groups -OCH3 is 1. The van der Waals surface area contributed by atoms with E-state index in [0.29, 0.717) is 30.9 Å². The van der Waals surface area contributed by atoms with Gasteiger partial charge in [0, 0.05) is 26.0 Å². The molecule has 1 aliphatic carbocycles. The SMILES string of the molecule is COC[C@@H]1CC(=O)[C@@](CCNC(=O)OC(C)(C)C)(c2ccc3c(c2)OCO3)C=C1Br. The molecule has 0 saturated heterocycles. The van der Waals surface area contributed by atoms with Crippen LogP contribution in [0.2, 0.25) is 0 Å². The quantitative estimate of drug-likeness (QED) is 0.658. The van der Waals surface area contributed by atoms with E-state index in [1.54, 1.807) is 27.9 Å². The van der Waals surface area contributed by atoms with E-state index in [4.69, 9.17) is 18.9 Å². The molecule has 2 atom stereocenters. The van der Waals surface area contributed by atoms with Crippen molar-refractivity contribution in [1.82, 2.24) is 5.32 Å². The Morgan fingerprint density at radius 3 is 2.73 bits per heavy atom. The van der Waals surface area contributed by atoms with Gasteiger partial charge in [-0.15, -0.1) is 0 Å². The second-order valence-electron chi connectivity index (χ2n) is 8.53. The van der Waals surface area contributed by atoms with Crippen molar-refractivity contribution >= 4 is 27.8 Å². The molecule has 0 saturated carbocycles. The summed E-state index contributed by atoms with van der Waals surface area (Å²) in [6.45, 7) is 6.32. The Labute approximate surface area is 185 Å². The number of allylic oxidation sites excluding steroid dienone is 1. The third-order valence-corrected chi connectivity index (χ3v) is 6.02. The number of benzene rings is 1. The van der Waals surface area contributed by atoms with Crippen LogP contribution in [0.4, 0.5) is 4.79 Å². The summed E-state index contributed by atoms with van der Waals surface area (Å²) in [6.07, 6.45) is 2.16. The van der Waals surface area contributed by atoms with Crippen molar-refractivity contribution in [2.75, 3.05) is 27.1 Å². The van der Waals surface area contributed by atoms with Crippen molar-refractivity contribution < 1.29 is 28.5 Å². The molecule has 1 amide bonds. The monoisotopic (exact) mass is 481 g/mol. The van der Waals surface area contributed by atoms with Gasteiger partial charge in [-0.25, -0.2) is 4.79 Å². The van der Waals surface area contributed by atoms with Crippen molar-refractivity contribution in [2.45, 2.75) is 44.6 Å². The molecule has 1 aliphatic heterocycles. The Hall–Kier alpha value is -2.06. The highest BCUT2D eigenvalue weighted by Crippen LogP contribution is 2.44. The number of nitrogens with one attached hydrogen (secondary N) is 1. The molecule has 0 radical (unpaired) electrons. The number of hydrogen-bond donors (Lipinski definition) is 1. The van der Waals surface area contributed by atoms with Crippen molar-refractivity contribution in [3.8, 4) is 11.5 Å². The van der Waals surface area contributed by atoms with Gasteiger partial charge in [0.1, 0.15) is 11.4 Å². The van der Waals surface area contributed by atoms with E-state index in [-0.39, 0.29) is 25.0 Å². The van der Waals surface area contributed by atoms with Crippen LogP contribution < -0.4 is 14.8 Å². The Morgan fingerprint density at radius 2 is 2.03 bits per heavy atom. The van der Waals surface area contributed by atoms with Gasteiger partial charge >= 0.3 is 6.09 Å². The maximum absolute atomic E-state index is 13.4. The van der Waals surface area contributed by atoms with Gasteiger partial charge < -0.3 is 24.3 Å². The summed E-state index contributed by atoms with van der Waals surface area (Å²) >= 11 is 3.64. The zero-order valence-electron chi connectivity index (χ0n) is 17.7. The average molecular weight is 482 g/mol. The number of rotatable bonds is 6. The van der Waals surface area contributed by atoms with Crippen LogP contribution in [0.25, 0.3) is 0 Å². The molecule has 1 aromatic carbocycles. The van der Waals surface area contributed by atoms with Gasteiger partial charge in [-0.1, -0.05) is 28.1 Å². The molecule has 1 aromatic rings. The molecule has 8 heteroatoms. The average Bonchev–Trinajstić information content (AvgIpc) is 3.12. The van der Waals surface area contributed by atoms with E-state index < -0.39 is 17.1 Å². The first-order valence-corrected chi connectivity index (χ1v) is 10.7. The normalized spacial score (nSPS) is 23.2. The molecule has 2 aliphatic rings. The Kier molecular flexibility index (Phi) is 6.77. The highest BCUT2D eigenvalue weighted by atomic mass is 79.9. The molecule has 0 bridgehead atoms. The number of amides is 1. The third-order valence-electron chi connectivity index (χ3n) is 5.15. The van der Waals surface area contributed by atoms with Gasteiger partial charge in [0.15, 0.2) is 11.5 Å². The lowest BCUT2D eigenvalue weighted by Crippen LogP contribution is -2.43. The fourth-order valence-corrected chi connectivity index (χ4v) is 4.41. The highest BCUT2D eigenvalue weighted by Gasteiger charge is 2.43. The van der Waals surface area contributed by atoms with Gasteiger partial charge in [-0.2, -0.15) is 0 Å². The van der Waals surface area contributed by atoms with Crippen LogP contribution in [0.3, 0.4) is 0 Å². The van der Waals surface area contributed by atoms with E-state index in [0.717, 1.165) is 10.0 Å². The molecule has 0 aromatic heterocycles. The minimum Gasteiger partial charge on any atom is -0.454 e. The fraction of sp³-hybridized carbons (Fsp3) is 0.545. The van der Waals surface area contributed by atoms with Crippen molar-refractivity contribution in [1.29, 1.82) is 0 Å². The summed E-state index contributed by atoms with van der Waals surface area (Å²) in [5.74, 6) is 1.31. The minimum atomic E-state index is -0.904.